The van der Waals surface area contributed by atoms with E-state index in [1.165, 1.54) is 6.20 Å². The minimum Gasteiger partial charge on any atom is -0.383 e. The maximum atomic E-state index is 13.3. The molecule has 1 aliphatic heterocycles. The number of anilines is 1. The number of carbonyl (C=O) groups excluding carboxylic acids is 1. The number of likely N-dealkylation sites (tertiary alicyclic amines) is 1. The molecule has 1 saturated heterocycles. The van der Waals surface area contributed by atoms with Gasteiger partial charge in [0.25, 0.3) is 0 Å². The molecule has 2 aromatic rings. The molecule has 3 aliphatic rings. The number of rotatable bonds is 4. The van der Waals surface area contributed by atoms with Crippen LogP contribution in [0.1, 0.15) is 62.7 Å². The van der Waals surface area contributed by atoms with Crippen LogP contribution in [0.2, 0.25) is 0 Å². The van der Waals surface area contributed by atoms with E-state index in [0.717, 1.165) is 37.6 Å². The number of alkyl halides is 3. The molecule has 2 aromatic heterocycles. The van der Waals surface area contributed by atoms with Crippen LogP contribution < -0.4 is 5.73 Å². The Bertz CT molecular complexity index is 1020. The molecule has 2 saturated carbocycles. The van der Waals surface area contributed by atoms with Crippen molar-refractivity contribution in [2.45, 2.75) is 63.7 Å². The van der Waals surface area contributed by atoms with Gasteiger partial charge < -0.3 is 10.6 Å². The molecule has 0 radical (unpaired) electrons. The number of aromatic nitrogens is 3. The van der Waals surface area contributed by atoms with Crippen molar-refractivity contribution in [3.63, 3.8) is 0 Å². The van der Waals surface area contributed by atoms with Crippen molar-refractivity contribution in [3.8, 4) is 11.3 Å². The fourth-order valence-electron chi connectivity index (χ4n) is 5.62. The third-order valence-corrected chi connectivity index (χ3v) is 7.09. The van der Waals surface area contributed by atoms with Gasteiger partial charge in [0, 0.05) is 48.4 Å². The Morgan fingerprint density at radius 1 is 1.19 bits per heavy atom. The van der Waals surface area contributed by atoms with E-state index in [2.05, 4.69) is 10.1 Å². The smallest absolute Gasteiger partial charge is 0.383 e. The summed E-state index contributed by atoms with van der Waals surface area (Å²) in [6.07, 6.45) is 0.403. The molecule has 166 valence electrons. The van der Waals surface area contributed by atoms with Gasteiger partial charge in [-0.2, -0.15) is 18.3 Å². The van der Waals surface area contributed by atoms with Gasteiger partial charge in [-0.3, -0.25) is 9.48 Å². The zero-order chi connectivity index (χ0) is 22.1. The van der Waals surface area contributed by atoms with Crippen LogP contribution in [0.5, 0.6) is 0 Å². The van der Waals surface area contributed by atoms with Crippen molar-refractivity contribution in [1.29, 1.82) is 0 Å². The number of carbonyl (C=O) groups is 1. The zero-order valence-electron chi connectivity index (χ0n) is 17.6. The van der Waals surface area contributed by atoms with Crippen LogP contribution in [0, 0.1) is 11.8 Å². The Balaban J connectivity index is 1.41. The average molecular weight is 433 g/mol. The Kier molecular flexibility index (Phi) is 4.57. The highest BCUT2D eigenvalue weighted by molar-refractivity contribution is 5.78. The van der Waals surface area contributed by atoms with Crippen molar-refractivity contribution in [3.05, 3.63) is 29.6 Å². The van der Waals surface area contributed by atoms with Gasteiger partial charge in [0.2, 0.25) is 5.91 Å². The zero-order valence-corrected chi connectivity index (χ0v) is 17.6. The van der Waals surface area contributed by atoms with E-state index in [1.54, 1.807) is 0 Å². The number of hydrogen-bond acceptors (Lipinski definition) is 4. The summed E-state index contributed by atoms with van der Waals surface area (Å²) in [5.41, 5.74) is 6.37. The normalized spacial score (nSPS) is 27.9. The molecule has 3 fully saturated rings. The fourth-order valence-corrected chi connectivity index (χ4v) is 5.62. The van der Waals surface area contributed by atoms with Gasteiger partial charge in [-0.05, 0) is 57.1 Å². The lowest BCUT2D eigenvalue weighted by Crippen LogP contribution is -2.35. The quantitative estimate of drug-likeness (QED) is 0.782. The molecule has 9 heteroatoms. The summed E-state index contributed by atoms with van der Waals surface area (Å²) in [6, 6.07) is 3.37. The summed E-state index contributed by atoms with van der Waals surface area (Å²) in [6.45, 7) is 4.91. The van der Waals surface area contributed by atoms with Crippen LogP contribution >= 0.6 is 0 Å². The molecule has 0 bridgehead atoms. The first-order valence-electron chi connectivity index (χ1n) is 10.9. The van der Waals surface area contributed by atoms with Gasteiger partial charge >= 0.3 is 6.18 Å². The first-order chi connectivity index (χ1) is 14.6. The number of nitrogens with two attached hydrogens (primary N) is 1. The van der Waals surface area contributed by atoms with E-state index >= 15 is 0 Å². The van der Waals surface area contributed by atoms with Crippen LogP contribution in [0.15, 0.2) is 18.3 Å². The number of halogens is 3. The third kappa shape index (κ3) is 3.38. The number of fused-ring (bicyclic) bond motifs is 1. The maximum Gasteiger partial charge on any atom is 0.419 e. The summed E-state index contributed by atoms with van der Waals surface area (Å²) in [7, 11) is 0. The van der Waals surface area contributed by atoms with Gasteiger partial charge in [-0.15, -0.1) is 0 Å². The highest BCUT2D eigenvalue weighted by atomic mass is 19.4. The monoisotopic (exact) mass is 433 g/mol. The minimum atomic E-state index is -4.56. The van der Waals surface area contributed by atoms with Crippen LogP contribution in [0.25, 0.3) is 11.3 Å². The van der Waals surface area contributed by atoms with Crippen molar-refractivity contribution in [2.75, 3.05) is 12.3 Å². The summed E-state index contributed by atoms with van der Waals surface area (Å²) >= 11 is 0. The van der Waals surface area contributed by atoms with Gasteiger partial charge in [0.05, 0.1) is 11.3 Å². The topological polar surface area (TPSA) is 77.0 Å². The van der Waals surface area contributed by atoms with E-state index in [1.807, 2.05) is 29.5 Å². The number of amides is 1. The predicted octanol–water partition coefficient (Wildman–Crippen LogP) is 4.24. The van der Waals surface area contributed by atoms with Gasteiger partial charge in [-0.25, -0.2) is 4.98 Å². The second-order valence-electron chi connectivity index (χ2n) is 9.32. The van der Waals surface area contributed by atoms with E-state index < -0.39 is 17.6 Å². The van der Waals surface area contributed by atoms with Crippen molar-refractivity contribution in [1.82, 2.24) is 19.7 Å². The Labute approximate surface area is 178 Å². The lowest BCUT2D eigenvalue weighted by atomic mass is 10.0. The van der Waals surface area contributed by atoms with Crippen LogP contribution in [0.4, 0.5) is 19.0 Å². The van der Waals surface area contributed by atoms with Crippen molar-refractivity contribution < 1.29 is 18.0 Å². The maximum absolute atomic E-state index is 13.3. The molecule has 31 heavy (non-hydrogen) atoms. The van der Waals surface area contributed by atoms with Crippen LogP contribution in [-0.2, 0) is 11.0 Å². The van der Waals surface area contributed by atoms with Gasteiger partial charge in [-0.1, -0.05) is 0 Å². The Morgan fingerprint density at radius 2 is 1.90 bits per heavy atom. The lowest BCUT2D eigenvalue weighted by molar-refractivity contribution is -0.137. The summed E-state index contributed by atoms with van der Waals surface area (Å²) in [4.78, 5) is 17.9. The molecule has 6 nitrogen and oxygen atoms in total. The number of hydrogen-bond donors (Lipinski definition) is 1. The Morgan fingerprint density at radius 3 is 2.48 bits per heavy atom. The molecular formula is C22H26F3N5O. The fraction of sp³-hybridized carbons (Fsp3) is 0.591. The van der Waals surface area contributed by atoms with Gasteiger partial charge in [0.15, 0.2) is 0 Å². The largest absolute Gasteiger partial charge is 0.419 e. The van der Waals surface area contributed by atoms with Crippen molar-refractivity contribution in [2.24, 2.45) is 11.8 Å². The molecule has 2 aliphatic carbocycles. The SMILES string of the molecule is CC(C)n1nc(-c2cnc(N)c(C(F)(F)F)c2)cc1[C@H]1[C@@H]2C[C@H](N3CCCC3=O)C[C@@H]21. The van der Waals surface area contributed by atoms with Crippen LogP contribution in [0.3, 0.4) is 0 Å². The molecule has 3 heterocycles. The van der Waals surface area contributed by atoms with E-state index in [9.17, 15) is 18.0 Å². The number of pyridine rings is 1. The summed E-state index contributed by atoms with van der Waals surface area (Å²) in [5.74, 6) is 1.11. The molecule has 0 aromatic carbocycles. The predicted molar refractivity (Wildman–Crippen MR) is 109 cm³/mol. The highest BCUT2D eigenvalue weighted by Crippen LogP contribution is 2.64. The number of nitrogen functional groups attached to an aromatic ring is 1. The average Bonchev–Trinajstić information content (AvgIpc) is 3.13. The molecule has 4 atom stereocenters. The third-order valence-electron chi connectivity index (χ3n) is 7.09. The van der Waals surface area contributed by atoms with Gasteiger partial charge in [0.1, 0.15) is 5.82 Å². The molecule has 0 unspecified atom stereocenters. The standard InChI is InChI=1S/C22H26F3N5O/c1-11(2)30-18(20-14-7-13(8-15(14)20)29-5-3-4-19(29)31)9-17(28-30)12-6-16(22(23,24)25)21(26)27-10-12/h6,9-11,13-15,20H,3-5,7-8H2,1-2H3,(H2,26,27)/t13-,14+,15-,20-. The number of nitrogens with zero attached hydrogens (tertiary/aromatic N) is 4. The van der Waals surface area contributed by atoms with E-state index in [4.69, 9.17) is 5.73 Å². The highest BCUT2D eigenvalue weighted by Gasteiger charge is 2.59. The molecular weight excluding hydrogens is 407 g/mol. The second kappa shape index (κ2) is 6.97. The molecule has 0 spiro atoms. The molecule has 2 N–H and O–H groups in total. The lowest BCUT2D eigenvalue weighted by Gasteiger charge is -2.26. The van der Waals surface area contributed by atoms with E-state index in [-0.39, 0.29) is 11.9 Å². The first kappa shape index (κ1) is 20.3. The summed E-state index contributed by atoms with van der Waals surface area (Å²) in [5, 5.41) is 4.63. The molecule has 5 rings (SSSR count). The van der Waals surface area contributed by atoms with E-state index in [0.29, 0.717) is 41.5 Å². The summed E-state index contributed by atoms with van der Waals surface area (Å²) < 4.78 is 41.7. The van der Waals surface area contributed by atoms with Crippen molar-refractivity contribution >= 4 is 11.7 Å². The second-order valence-corrected chi connectivity index (χ2v) is 9.32. The first-order valence-corrected chi connectivity index (χ1v) is 10.9. The Hall–Kier alpha value is -2.58. The minimum absolute atomic E-state index is 0.0878. The molecule has 1 amide bonds. The van der Waals surface area contributed by atoms with Crippen LogP contribution in [-0.4, -0.2) is 38.2 Å².